The maximum atomic E-state index is 5.36. The SMILES string of the molecule is C1=C(c2ccccc2)N(c2ccccc2)C(c2ccccc2)=CP1c1ccccc1.Nc1ccccc1.[Cl][Pd][Cl]. The van der Waals surface area contributed by atoms with Crippen LogP contribution in [0.1, 0.15) is 11.1 Å². The fourth-order valence-electron chi connectivity index (χ4n) is 4.23. The van der Waals surface area contributed by atoms with Crippen molar-refractivity contribution in [1.29, 1.82) is 0 Å². The van der Waals surface area contributed by atoms with Gasteiger partial charge in [0.2, 0.25) is 0 Å². The Morgan fingerprint density at radius 1 is 0.500 bits per heavy atom. The van der Waals surface area contributed by atoms with E-state index >= 15 is 0 Å². The van der Waals surface area contributed by atoms with Gasteiger partial charge in [-0.25, -0.2) is 0 Å². The summed E-state index contributed by atoms with van der Waals surface area (Å²) in [5, 5.41) is 1.36. The average molecular weight is 674 g/mol. The number of anilines is 2. The van der Waals surface area contributed by atoms with Gasteiger partial charge in [0.1, 0.15) is 0 Å². The first-order valence-electron chi connectivity index (χ1n) is 12.6. The van der Waals surface area contributed by atoms with Gasteiger partial charge in [0.25, 0.3) is 0 Å². The maximum absolute atomic E-state index is 5.36. The summed E-state index contributed by atoms with van der Waals surface area (Å²) in [6.45, 7) is 0. The Labute approximate surface area is 254 Å². The predicted octanol–water partition coefficient (Wildman–Crippen LogP) is 9.96. The molecule has 40 heavy (non-hydrogen) atoms. The number of benzene rings is 5. The molecule has 1 aliphatic heterocycles. The van der Waals surface area contributed by atoms with E-state index in [4.69, 9.17) is 24.8 Å². The monoisotopic (exact) mass is 672 g/mol. The van der Waals surface area contributed by atoms with Crippen molar-refractivity contribution in [2.24, 2.45) is 0 Å². The Balaban J connectivity index is 0.000000315. The molecule has 0 bridgehead atoms. The summed E-state index contributed by atoms with van der Waals surface area (Å²) in [6, 6.07) is 52.4. The van der Waals surface area contributed by atoms with E-state index in [0.29, 0.717) is 0 Å². The van der Waals surface area contributed by atoms with Crippen molar-refractivity contribution in [3.05, 3.63) is 174 Å². The number of nitrogens with zero attached hydrogens (tertiary/aromatic N) is 1. The van der Waals surface area contributed by atoms with Gasteiger partial charge in [-0.1, -0.05) is 127 Å². The van der Waals surface area contributed by atoms with Gasteiger partial charge in [0.05, 0.1) is 11.4 Å². The van der Waals surface area contributed by atoms with Crippen molar-refractivity contribution in [1.82, 2.24) is 0 Å². The van der Waals surface area contributed by atoms with Crippen molar-refractivity contribution in [2.75, 3.05) is 10.6 Å². The fourth-order valence-corrected chi connectivity index (χ4v) is 6.17. The van der Waals surface area contributed by atoms with Crippen LogP contribution in [0.3, 0.4) is 0 Å². The first-order valence-corrected chi connectivity index (χ1v) is 18.1. The zero-order chi connectivity index (χ0) is 28.0. The minimum absolute atomic E-state index is 0.106. The molecule has 0 spiro atoms. The van der Waals surface area contributed by atoms with Crippen LogP contribution in [-0.2, 0) is 15.9 Å². The van der Waals surface area contributed by atoms with Crippen LogP contribution in [0.5, 0.6) is 0 Å². The van der Waals surface area contributed by atoms with Crippen LogP contribution in [-0.4, -0.2) is 0 Å². The summed E-state index contributed by atoms with van der Waals surface area (Å²) >= 11 is -0.106. The number of hydrogen-bond donors (Lipinski definition) is 1. The number of nitrogens with two attached hydrogens (primary N) is 1. The molecular weight excluding hydrogens is 645 g/mol. The van der Waals surface area contributed by atoms with E-state index in [0.717, 1.165) is 5.69 Å². The number of hydrogen-bond acceptors (Lipinski definition) is 2. The van der Waals surface area contributed by atoms with Crippen molar-refractivity contribution >= 4 is 55.1 Å². The summed E-state index contributed by atoms with van der Waals surface area (Å²) in [6.07, 6.45) is 0. The summed E-state index contributed by atoms with van der Waals surface area (Å²) < 4.78 is 0. The average Bonchev–Trinajstić information content (AvgIpc) is 3.03. The second-order valence-corrected chi connectivity index (χ2v) is 12.8. The Bertz CT molecular complexity index is 1430. The molecule has 0 amide bonds. The third-order valence-corrected chi connectivity index (χ3v) is 7.95. The predicted molar refractivity (Wildman–Crippen MR) is 173 cm³/mol. The van der Waals surface area contributed by atoms with Crippen LogP contribution in [0, 0.1) is 0 Å². The molecule has 1 aliphatic rings. The van der Waals surface area contributed by atoms with Gasteiger partial charge in [-0.2, -0.15) is 0 Å². The van der Waals surface area contributed by atoms with Gasteiger partial charge in [0, 0.05) is 11.4 Å². The molecule has 6 heteroatoms. The quantitative estimate of drug-likeness (QED) is 0.117. The van der Waals surface area contributed by atoms with Crippen molar-refractivity contribution in [3.8, 4) is 0 Å². The Morgan fingerprint density at radius 2 is 0.850 bits per heavy atom. The van der Waals surface area contributed by atoms with E-state index in [1.165, 1.54) is 33.5 Å². The van der Waals surface area contributed by atoms with E-state index in [-0.39, 0.29) is 15.9 Å². The zero-order valence-electron chi connectivity index (χ0n) is 21.6. The Hall–Kier alpha value is -3.15. The normalized spacial score (nSPS) is 12.7. The zero-order valence-corrected chi connectivity index (χ0v) is 25.6. The molecule has 5 aromatic rings. The van der Waals surface area contributed by atoms with Crippen LogP contribution < -0.4 is 15.9 Å². The van der Waals surface area contributed by atoms with E-state index in [1.54, 1.807) is 0 Å². The Kier molecular flexibility index (Phi) is 12.1. The van der Waals surface area contributed by atoms with Gasteiger partial charge in [0.15, 0.2) is 0 Å². The van der Waals surface area contributed by atoms with E-state index in [2.05, 4.69) is 138 Å². The van der Waals surface area contributed by atoms with Crippen LogP contribution in [0.2, 0.25) is 0 Å². The molecule has 0 fully saturated rings. The Morgan fingerprint density at radius 3 is 1.23 bits per heavy atom. The molecule has 0 unspecified atom stereocenters. The van der Waals surface area contributed by atoms with Crippen LogP contribution >= 0.6 is 27.0 Å². The number of halogens is 2. The summed E-state index contributed by atoms with van der Waals surface area (Å²) in [7, 11) is 9.05. The molecule has 5 aromatic carbocycles. The van der Waals surface area contributed by atoms with Gasteiger partial charge >= 0.3 is 35.0 Å². The standard InChI is InChI=1S/C28H22NP.C6H7N.2ClH.Pd/c1-5-13-23(14-6-1)27-21-30(26-19-11-4-12-20-26)22-28(24-15-7-2-8-16-24)29(27)25-17-9-3-10-18-25;7-6-4-2-1-3-5-6;;;/h1-22H;1-5H,7H2;2*1H;/q;;;;+2/p-2. The molecule has 2 nitrogen and oxygen atoms in total. The second-order valence-electron chi connectivity index (χ2n) is 8.63. The van der Waals surface area contributed by atoms with Crippen molar-refractivity contribution < 1.29 is 15.9 Å². The first kappa shape index (κ1) is 29.8. The van der Waals surface area contributed by atoms with E-state index in [1.807, 2.05) is 30.3 Å². The second kappa shape index (κ2) is 16.2. The summed E-state index contributed by atoms with van der Waals surface area (Å²) in [4.78, 5) is 2.40. The molecule has 0 radical (unpaired) electrons. The van der Waals surface area contributed by atoms with Crippen molar-refractivity contribution in [3.63, 3.8) is 0 Å². The van der Waals surface area contributed by atoms with Gasteiger partial charge in [-0.05, 0) is 60.3 Å². The molecule has 0 saturated carbocycles. The molecule has 0 atom stereocenters. The van der Waals surface area contributed by atoms with Crippen LogP contribution in [0.15, 0.2) is 163 Å². The molecule has 204 valence electrons. The molecule has 6 rings (SSSR count). The third kappa shape index (κ3) is 8.43. The summed E-state index contributed by atoms with van der Waals surface area (Å²) in [5.41, 5.74) is 12.3. The molecule has 2 N–H and O–H groups in total. The molecule has 1 heterocycles. The number of nitrogen functional groups attached to an aromatic ring is 1. The van der Waals surface area contributed by atoms with E-state index < -0.39 is 7.92 Å². The summed E-state index contributed by atoms with van der Waals surface area (Å²) in [5.74, 6) is 4.89. The number of rotatable bonds is 4. The molecule has 0 saturated heterocycles. The minimum atomic E-state index is -0.575. The first-order chi connectivity index (χ1) is 19.7. The van der Waals surface area contributed by atoms with Crippen molar-refractivity contribution in [2.45, 2.75) is 0 Å². The molecular formula is C34H29Cl2N2PPd. The third-order valence-electron chi connectivity index (χ3n) is 6.01. The fraction of sp³-hybridized carbons (Fsp3) is 0. The van der Waals surface area contributed by atoms with Crippen LogP contribution in [0.4, 0.5) is 11.4 Å². The van der Waals surface area contributed by atoms with Gasteiger partial charge in [-0.3, -0.25) is 0 Å². The van der Waals surface area contributed by atoms with Gasteiger partial charge < -0.3 is 10.6 Å². The molecule has 0 aromatic heterocycles. The van der Waals surface area contributed by atoms with Gasteiger partial charge in [-0.15, -0.1) is 0 Å². The van der Waals surface area contributed by atoms with Crippen LogP contribution in [0.25, 0.3) is 11.4 Å². The topological polar surface area (TPSA) is 29.3 Å². The van der Waals surface area contributed by atoms with E-state index in [9.17, 15) is 0 Å². The molecule has 0 aliphatic carbocycles. The number of para-hydroxylation sites is 2.